The number of quaternary nitrogens is 1. The fourth-order valence-corrected chi connectivity index (χ4v) is 5.53. The van der Waals surface area contributed by atoms with Crippen LogP contribution in [0.1, 0.15) is 54.9 Å². The van der Waals surface area contributed by atoms with Crippen LogP contribution >= 0.6 is 0 Å². The number of carbonyl (C=O) groups excluding carboxylic acids is 1. The minimum atomic E-state index is 0. The number of benzene rings is 2. The summed E-state index contributed by atoms with van der Waals surface area (Å²) in [6, 6.07) is 14.9. The maximum atomic E-state index is 13.4. The molecule has 2 heterocycles. The molecule has 3 nitrogen and oxygen atoms in total. The van der Waals surface area contributed by atoms with Gasteiger partial charge >= 0.3 is 0 Å². The van der Waals surface area contributed by atoms with Gasteiger partial charge in [0.25, 0.3) is 5.91 Å². The van der Waals surface area contributed by atoms with Crippen LogP contribution in [-0.2, 0) is 37.5 Å². The molecule has 2 aliphatic heterocycles. The van der Waals surface area contributed by atoms with Crippen molar-refractivity contribution in [3.05, 3.63) is 64.7 Å². The van der Waals surface area contributed by atoms with Gasteiger partial charge in [-0.1, -0.05) is 53.6 Å². The minimum Gasteiger partial charge on any atom is -0.314 e. The fraction of sp³-hybridized carbons (Fsp3) is 0.519. The molecule has 1 atom stereocenters. The molecule has 4 heteroatoms. The number of rotatable bonds is 3. The van der Waals surface area contributed by atoms with Gasteiger partial charge in [0.05, 0.1) is 19.6 Å². The molecule has 4 rings (SSSR count). The molecule has 0 aromatic heterocycles. The Morgan fingerprint density at radius 3 is 1.97 bits per heavy atom. The summed E-state index contributed by atoms with van der Waals surface area (Å²) in [5.41, 5.74) is 6.24. The maximum absolute atomic E-state index is 13.4. The van der Waals surface area contributed by atoms with Gasteiger partial charge in [-0.2, -0.15) is 0 Å². The predicted molar refractivity (Wildman–Crippen MR) is 127 cm³/mol. The number of likely N-dealkylation sites (tertiary alicyclic amines) is 1. The van der Waals surface area contributed by atoms with Gasteiger partial charge in [0.1, 0.15) is 0 Å². The van der Waals surface area contributed by atoms with E-state index in [-0.39, 0.29) is 38.8 Å². The number of nitrogens with zero attached hydrogens (tertiary/aromatic N) is 2. The fourth-order valence-electron chi connectivity index (χ4n) is 5.53. The molecule has 2 aromatic carbocycles. The summed E-state index contributed by atoms with van der Waals surface area (Å²) >= 11 is 0. The number of hydrogen-bond acceptors (Lipinski definition) is 1. The van der Waals surface area contributed by atoms with Crippen LogP contribution in [0.2, 0.25) is 0 Å². The average Bonchev–Trinajstić information content (AvgIpc) is 3.20. The van der Waals surface area contributed by atoms with E-state index in [1.165, 1.54) is 53.9 Å². The molecule has 2 saturated heterocycles. The molecule has 31 heavy (non-hydrogen) atoms. The first-order valence-corrected chi connectivity index (χ1v) is 11.6. The standard InChI is InChI=1S/C20H31N2O.C7H8.Y/c1-5-22(11-6-7-12-22)18-9-8-10-21(20(18)23)19-16(3)13-15(2)14-17(19)4;1-7-5-3-2-4-6-7;/h13-14,18H,5-12H2,1-4H3;2-6H,1H3;/q+1;;. The molecule has 0 saturated carbocycles. The quantitative estimate of drug-likeness (QED) is 0.497. The van der Waals surface area contributed by atoms with E-state index >= 15 is 0 Å². The van der Waals surface area contributed by atoms with Crippen molar-refractivity contribution in [2.24, 2.45) is 0 Å². The second-order valence-corrected chi connectivity index (χ2v) is 9.24. The number of likely N-dealkylation sites (N-methyl/N-ethyl adjacent to an activating group) is 1. The topological polar surface area (TPSA) is 20.3 Å². The van der Waals surface area contributed by atoms with Crippen LogP contribution in [0.5, 0.6) is 0 Å². The minimum absolute atomic E-state index is 0. The molecule has 2 fully saturated rings. The van der Waals surface area contributed by atoms with Crippen molar-refractivity contribution in [3.8, 4) is 0 Å². The van der Waals surface area contributed by atoms with E-state index in [1.807, 2.05) is 18.2 Å². The van der Waals surface area contributed by atoms with Gasteiger partial charge in [0.2, 0.25) is 0 Å². The molecule has 0 aliphatic carbocycles. The summed E-state index contributed by atoms with van der Waals surface area (Å²) in [7, 11) is 0. The van der Waals surface area contributed by atoms with E-state index in [2.05, 4.69) is 63.8 Å². The van der Waals surface area contributed by atoms with Gasteiger partial charge in [0.15, 0.2) is 6.04 Å². The van der Waals surface area contributed by atoms with Crippen LogP contribution in [0.15, 0.2) is 42.5 Å². The van der Waals surface area contributed by atoms with Crippen molar-refractivity contribution < 1.29 is 42.0 Å². The number of hydrogen-bond donors (Lipinski definition) is 0. The third kappa shape index (κ3) is 6.06. The Labute approximate surface area is 214 Å². The Morgan fingerprint density at radius 2 is 1.48 bits per heavy atom. The van der Waals surface area contributed by atoms with Crippen LogP contribution < -0.4 is 4.90 Å². The van der Waals surface area contributed by atoms with E-state index in [4.69, 9.17) is 0 Å². The van der Waals surface area contributed by atoms with E-state index in [1.54, 1.807) is 0 Å². The van der Waals surface area contributed by atoms with Crippen molar-refractivity contribution in [2.75, 3.05) is 31.1 Å². The molecule has 1 radical (unpaired) electrons. The predicted octanol–water partition coefficient (Wildman–Crippen LogP) is 5.73. The molecule has 0 bridgehead atoms. The Hall–Kier alpha value is -1.03. The number of piperidine rings is 1. The first-order chi connectivity index (χ1) is 14.4. The molecular weight excluding hydrogens is 457 g/mol. The summed E-state index contributed by atoms with van der Waals surface area (Å²) in [6.45, 7) is 15.1. The van der Waals surface area contributed by atoms with E-state index < -0.39 is 0 Å². The molecule has 1 unspecified atom stereocenters. The van der Waals surface area contributed by atoms with Gasteiger partial charge in [-0.15, -0.1) is 0 Å². The van der Waals surface area contributed by atoms with Crippen molar-refractivity contribution >= 4 is 11.6 Å². The zero-order valence-corrected chi connectivity index (χ0v) is 23.0. The number of carbonyl (C=O) groups is 1. The van der Waals surface area contributed by atoms with Gasteiger partial charge in [0, 0.05) is 64.2 Å². The smallest absolute Gasteiger partial charge is 0.285 e. The summed E-state index contributed by atoms with van der Waals surface area (Å²) in [4.78, 5) is 15.5. The second kappa shape index (κ2) is 11.7. The number of anilines is 1. The van der Waals surface area contributed by atoms with Gasteiger partial charge < -0.3 is 9.38 Å². The Bertz CT molecular complexity index is 836. The average molecular weight is 497 g/mol. The van der Waals surface area contributed by atoms with Gasteiger partial charge in [-0.05, 0) is 52.2 Å². The third-order valence-corrected chi connectivity index (χ3v) is 7.00. The first kappa shape index (κ1) is 26.2. The summed E-state index contributed by atoms with van der Waals surface area (Å²) in [5, 5.41) is 0. The van der Waals surface area contributed by atoms with E-state index in [0.29, 0.717) is 5.91 Å². The zero-order chi connectivity index (χ0) is 21.7. The maximum Gasteiger partial charge on any atom is 0.285 e. The zero-order valence-electron chi connectivity index (χ0n) is 20.2. The summed E-state index contributed by atoms with van der Waals surface area (Å²) in [6.07, 6.45) is 4.75. The summed E-state index contributed by atoms with van der Waals surface area (Å²) in [5.74, 6) is 0.370. The van der Waals surface area contributed by atoms with Crippen LogP contribution in [-0.4, -0.2) is 42.6 Å². The van der Waals surface area contributed by atoms with Gasteiger partial charge in [-0.3, -0.25) is 4.79 Å². The molecule has 2 aromatic rings. The van der Waals surface area contributed by atoms with Crippen molar-refractivity contribution in [3.63, 3.8) is 0 Å². The van der Waals surface area contributed by atoms with Crippen molar-refractivity contribution in [1.29, 1.82) is 0 Å². The monoisotopic (exact) mass is 496 g/mol. The molecule has 0 N–H and O–H groups in total. The van der Waals surface area contributed by atoms with Crippen LogP contribution in [0.3, 0.4) is 0 Å². The summed E-state index contributed by atoms with van der Waals surface area (Å²) < 4.78 is 1.03. The molecule has 165 valence electrons. The Kier molecular flexibility index (Phi) is 9.92. The van der Waals surface area contributed by atoms with E-state index in [9.17, 15) is 4.79 Å². The Balaban J connectivity index is 0.000000364. The third-order valence-electron chi connectivity index (χ3n) is 7.00. The number of aryl methyl sites for hydroxylation is 4. The van der Waals surface area contributed by atoms with Crippen LogP contribution in [0, 0.1) is 27.7 Å². The molecule has 2 aliphatic rings. The SMILES string of the molecule is CC[N+]1(C2CCCN(c3c(C)cc(C)cc3C)C2=O)CCCC1.Cc1ccccc1.[Y]. The van der Waals surface area contributed by atoms with Crippen molar-refractivity contribution in [2.45, 2.75) is 66.3 Å². The number of amides is 1. The van der Waals surface area contributed by atoms with Crippen LogP contribution in [0.25, 0.3) is 0 Å². The van der Waals surface area contributed by atoms with Crippen molar-refractivity contribution in [1.82, 2.24) is 0 Å². The normalized spacial score (nSPS) is 20.0. The first-order valence-electron chi connectivity index (χ1n) is 11.6. The molecule has 1 amide bonds. The van der Waals surface area contributed by atoms with Gasteiger partial charge in [-0.25, -0.2) is 0 Å². The molecule has 0 spiro atoms. The molecular formula is C27H39N2OY+. The Morgan fingerprint density at radius 1 is 0.903 bits per heavy atom. The van der Waals surface area contributed by atoms with Crippen LogP contribution in [0.4, 0.5) is 5.69 Å². The largest absolute Gasteiger partial charge is 0.314 e. The second-order valence-electron chi connectivity index (χ2n) is 9.24. The van der Waals surface area contributed by atoms with E-state index in [0.717, 1.165) is 30.4 Å².